The third-order valence-electron chi connectivity index (χ3n) is 6.15. The fourth-order valence-corrected chi connectivity index (χ4v) is 5.40. The Morgan fingerprint density at radius 1 is 0.974 bits per heavy atom. The van der Waals surface area contributed by atoms with E-state index in [9.17, 15) is 22.4 Å². The molecule has 0 fully saturated rings. The Balaban J connectivity index is 2.04. The Hall–Kier alpha value is -3.92. The lowest BCUT2D eigenvalue weighted by molar-refractivity contribution is -0.140. The van der Waals surface area contributed by atoms with Gasteiger partial charge in [0.2, 0.25) is 11.8 Å². The molecule has 2 amide bonds. The number of methoxy groups -OCH3 is 1. The number of likely N-dealkylation sites (N-methyl/N-ethyl adjacent to an activating group) is 1. The van der Waals surface area contributed by atoms with Crippen molar-refractivity contribution in [3.8, 4) is 5.75 Å². The molecule has 0 aromatic heterocycles. The molecular formula is C28H32FN3O5S. The number of nitrogens with one attached hydrogen (secondary N) is 1. The van der Waals surface area contributed by atoms with Crippen molar-refractivity contribution in [2.45, 2.75) is 37.8 Å². The van der Waals surface area contributed by atoms with E-state index >= 15 is 0 Å². The molecule has 0 aliphatic heterocycles. The number of nitrogens with zero attached hydrogens (tertiary/aromatic N) is 2. The predicted molar refractivity (Wildman–Crippen MR) is 144 cm³/mol. The standard InChI is InChI=1S/C28H32FN3O5S/c1-5-26(28(34)30-3)31(18-21-8-10-22(29)11-9-21)27(33)19-32(23-12-6-20(2)7-13-23)38(35,36)25-16-14-24(37-4)15-17-25/h6-17,26H,5,18-19H2,1-4H3,(H,30,34). The van der Waals surface area contributed by atoms with Gasteiger partial charge in [0.15, 0.2) is 0 Å². The Bertz CT molecular complexity index is 1340. The highest BCUT2D eigenvalue weighted by molar-refractivity contribution is 7.92. The number of carbonyl (C=O) groups is 2. The highest BCUT2D eigenvalue weighted by Crippen LogP contribution is 2.26. The molecule has 10 heteroatoms. The van der Waals surface area contributed by atoms with Crippen molar-refractivity contribution in [1.82, 2.24) is 10.2 Å². The summed E-state index contributed by atoms with van der Waals surface area (Å²) in [6, 6.07) is 17.4. The summed E-state index contributed by atoms with van der Waals surface area (Å²) in [5, 5.41) is 2.57. The van der Waals surface area contributed by atoms with E-state index in [0.29, 0.717) is 23.4 Å². The van der Waals surface area contributed by atoms with Gasteiger partial charge in [0, 0.05) is 13.6 Å². The molecule has 0 spiro atoms. The van der Waals surface area contributed by atoms with Crippen LogP contribution < -0.4 is 14.4 Å². The molecule has 0 saturated carbocycles. The Kier molecular flexibility index (Phi) is 9.46. The number of amides is 2. The van der Waals surface area contributed by atoms with Gasteiger partial charge in [-0.3, -0.25) is 13.9 Å². The van der Waals surface area contributed by atoms with Gasteiger partial charge in [-0.1, -0.05) is 36.8 Å². The number of hydrogen-bond acceptors (Lipinski definition) is 5. The second-order valence-electron chi connectivity index (χ2n) is 8.71. The molecule has 0 aliphatic rings. The first kappa shape index (κ1) is 28.6. The number of sulfonamides is 1. The van der Waals surface area contributed by atoms with Crippen molar-refractivity contribution in [1.29, 1.82) is 0 Å². The average molecular weight is 542 g/mol. The van der Waals surface area contributed by atoms with Gasteiger partial charge in [0.1, 0.15) is 24.2 Å². The highest BCUT2D eigenvalue weighted by Gasteiger charge is 2.33. The van der Waals surface area contributed by atoms with Gasteiger partial charge in [0.25, 0.3) is 10.0 Å². The van der Waals surface area contributed by atoms with Gasteiger partial charge in [-0.05, 0) is 67.4 Å². The van der Waals surface area contributed by atoms with E-state index in [0.717, 1.165) is 9.87 Å². The lowest BCUT2D eigenvalue weighted by atomic mass is 10.1. The number of ether oxygens (including phenoxy) is 1. The minimum absolute atomic E-state index is 0.00460. The number of halogens is 1. The van der Waals surface area contributed by atoms with Crippen LogP contribution in [0.1, 0.15) is 24.5 Å². The van der Waals surface area contributed by atoms with Crippen LogP contribution in [0.15, 0.2) is 77.7 Å². The molecule has 1 N–H and O–H groups in total. The number of rotatable bonds is 11. The van der Waals surface area contributed by atoms with E-state index in [1.165, 1.54) is 67.6 Å². The molecule has 0 heterocycles. The number of anilines is 1. The second kappa shape index (κ2) is 12.6. The van der Waals surface area contributed by atoms with Crippen LogP contribution in [0.5, 0.6) is 5.75 Å². The van der Waals surface area contributed by atoms with Crippen LogP contribution >= 0.6 is 0 Å². The first-order valence-corrected chi connectivity index (χ1v) is 13.5. The van der Waals surface area contributed by atoms with E-state index in [-0.39, 0.29) is 17.3 Å². The smallest absolute Gasteiger partial charge is 0.264 e. The summed E-state index contributed by atoms with van der Waals surface area (Å²) in [5.41, 5.74) is 1.82. The molecule has 3 rings (SSSR count). The largest absolute Gasteiger partial charge is 0.497 e. The lowest BCUT2D eigenvalue weighted by Crippen LogP contribution is -2.51. The summed E-state index contributed by atoms with van der Waals surface area (Å²) in [4.78, 5) is 27.8. The van der Waals surface area contributed by atoms with E-state index < -0.39 is 34.3 Å². The van der Waals surface area contributed by atoms with Crippen molar-refractivity contribution in [3.63, 3.8) is 0 Å². The quantitative estimate of drug-likeness (QED) is 0.397. The first-order valence-electron chi connectivity index (χ1n) is 12.1. The van der Waals surface area contributed by atoms with Crippen LogP contribution in [0.3, 0.4) is 0 Å². The molecule has 8 nitrogen and oxygen atoms in total. The zero-order valence-electron chi connectivity index (χ0n) is 21.8. The SMILES string of the molecule is CCC(C(=O)NC)N(Cc1ccc(F)cc1)C(=O)CN(c1ccc(C)cc1)S(=O)(=O)c1ccc(OC)cc1. The van der Waals surface area contributed by atoms with Gasteiger partial charge >= 0.3 is 0 Å². The fraction of sp³-hybridized carbons (Fsp3) is 0.286. The Morgan fingerprint density at radius 3 is 2.11 bits per heavy atom. The Labute approximate surface area is 223 Å². The van der Waals surface area contributed by atoms with Crippen LogP contribution in [0, 0.1) is 12.7 Å². The maximum absolute atomic E-state index is 13.8. The van der Waals surface area contributed by atoms with Crippen LogP contribution in [0.25, 0.3) is 0 Å². The van der Waals surface area contributed by atoms with Gasteiger partial charge in [0.05, 0.1) is 17.7 Å². The Morgan fingerprint density at radius 2 is 1.58 bits per heavy atom. The summed E-state index contributed by atoms with van der Waals surface area (Å²) in [5.74, 6) is -0.907. The van der Waals surface area contributed by atoms with Crippen LogP contribution in [-0.4, -0.2) is 51.9 Å². The predicted octanol–water partition coefficient (Wildman–Crippen LogP) is 3.89. The normalized spacial score (nSPS) is 11.9. The third-order valence-corrected chi connectivity index (χ3v) is 7.93. The summed E-state index contributed by atoms with van der Waals surface area (Å²) < 4.78 is 47.3. The second-order valence-corrected chi connectivity index (χ2v) is 10.6. The van der Waals surface area contributed by atoms with E-state index in [1.54, 1.807) is 31.2 Å². The van der Waals surface area contributed by atoms with E-state index in [2.05, 4.69) is 5.32 Å². The monoisotopic (exact) mass is 541 g/mol. The third kappa shape index (κ3) is 6.69. The van der Waals surface area contributed by atoms with Gasteiger partial charge in [-0.15, -0.1) is 0 Å². The maximum Gasteiger partial charge on any atom is 0.264 e. The number of benzene rings is 3. The maximum atomic E-state index is 13.8. The molecule has 1 atom stereocenters. The van der Waals surface area contributed by atoms with Crippen molar-refractivity contribution in [2.75, 3.05) is 25.0 Å². The number of carbonyl (C=O) groups excluding carboxylic acids is 2. The summed E-state index contributed by atoms with van der Waals surface area (Å²) >= 11 is 0. The van der Waals surface area contributed by atoms with Gasteiger partial charge < -0.3 is 15.0 Å². The van der Waals surface area contributed by atoms with Crippen molar-refractivity contribution in [3.05, 3.63) is 89.7 Å². The molecule has 38 heavy (non-hydrogen) atoms. The van der Waals surface area contributed by atoms with Crippen molar-refractivity contribution in [2.24, 2.45) is 0 Å². The molecule has 3 aromatic carbocycles. The molecule has 0 radical (unpaired) electrons. The summed E-state index contributed by atoms with van der Waals surface area (Å²) in [7, 11) is -1.23. The average Bonchev–Trinajstić information content (AvgIpc) is 2.92. The van der Waals surface area contributed by atoms with Crippen LogP contribution in [0.2, 0.25) is 0 Å². The van der Waals surface area contributed by atoms with Gasteiger partial charge in [-0.2, -0.15) is 0 Å². The number of aryl methyl sites for hydroxylation is 1. The first-order chi connectivity index (χ1) is 18.1. The molecule has 202 valence electrons. The fourth-order valence-electron chi connectivity index (χ4n) is 3.99. The zero-order valence-corrected chi connectivity index (χ0v) is 22.7. The van der Waals surface area contributed by atoms with Crippen molar-refractivity contribution < 1.29 is 27.1 Å². The summed E-state index contributed by atoms with van der Waals surface area (Å²) in [6.07, 6.45) is 0.294. The topological polar surface area (TPSA) is 96.0 Å². The van der Waals surface area contributed by atoms with Crippen LogP contribution in [0.4, 0.5) is 10.1 Å². The minimum Gasteiger partial charge on any atom is -0.497 e. The van der Waals surface area contributed by atoms with Crippen LogP contribution in [-0.2, 0) is 26.2 Å². The summed E-state index contributed by atoms with van der Waals surface area (Å²) in [6.45, 7) is 3.08. The minimum atomic E-state index is -4.18. The molecule has 3 aromatic rings. The van der Waals surface area contributed by atoms with Crippen molar-refractivity contribution >= 4 is 27.5 Å². The molecule has 0 bridgehead atoms. The van der Waals surface area contributed by atoms with E-state index in [1.807, 2.05) is 6.92 Å². The van der Waals surface area contributed by atoms with E-state index in [4.69, 9.17) is 4.74 Å². The van der Waals surface area contributed by atoms with Gasteiger partial charge in [-0.25, -0.2) is 12.8 Å². The molecular weight excluding hydrogens is 509 g/mol. The zero-order chi connectivity index (χ0) is 27.9. The molecule has 1 unspecified atom stereocenters. The lowest BCUT2D eigenvalue weighted by Gasteiger charge is -2.33. The molecule has 0 aliphatic carbocycles. The highest BCUT2D eigenvalue weighted by atomic mass is 32.2. The number of hydrogen-bond donors (Lipinski definition) is 1. The molecule has 0 saturated heterocycles.